The van der Waals surface area contributed by atoms with E-state index in [0.717, 1.165) is 12.8 Å². The van der Waals surface area contributed by atoms with Crippen molar-refractivity contribution < 1.29 is 4.39 Å². The summed E-state index contributed by atoms with van der Waals surface area (Å²) >= 11 is 5.86. The highest BCUT2D eigenvalue weighted by atomic mass is 35.5. The summed E-state index contributed by atoms with van der Waals surface area (Å²) in [6.07, 6.45) is 5.75. The zero-order valence-corrected chi connectivity index (χ0v) is 11.3. The number of halogens is 2. The van der Waals surface area contributed by atoms with E-state index in [1.807, 2.05) is 11.9 Å². The van der Waals surface area contributed by atoms with Gasteiger partial charge in [0.1, 0.15) is 5.02 Å². The van der Waals surface area contributed by atoms with E-state index in [2.05, 4.69) is 0 Å². The average molecular weight is 272 g/mol. The minimum Gasteiger partial charge on any atom is -0.397 e. The largest absolute Gasteiger partial charge is 0.397 e. The van der Waals surface area contributed by atoms with E-state index in [9.17, 15) is 4.39 Å². The van der Waals surface area contributed by atoms with Crippen molar-refractivity contribution in [1.82, 2.24) is 0 Å². The van der Waals surface area contributed by atoms with Crippen LogP contribution in [0.15, 0.2) is 6.07 Å². The van der Waals surface area contributed by atoms with Gasteiger partial charge in [0, 0.05) is 13.1 Å². The van der Waals surface area contributed by atoms with Crippen molar-refractivity contribution in [3.63, 3.8) is 0 Å². The molecular formula is C13H19ClFN3. The molecule has 0 aromatic heterocycles. The van der Waals surface area contributed by atoms with Crippen LogP contribution in [0.3, 0.4) is 0 Å². The van der Waals surface area contributed by atoms with E-state index >= 15 is 0 Å². The van der Waals surface area contributed by atoms with Crippen LogP contribution < -0.4 is 16.4 Å². The summed E-state index contributed by atoms with van der Waals surface area (Å²) < 4.78 is 14.2. The first-order valence-electron chi connectivity index (χ1n) is 6.28. The maximum Gasteiger partial charge on any atom is 0.169 e. The Morgan fingerprint density at radius 1 is 1.22 bits per heavy atom. The van der Waals surface area contributed by atoms with E-state index in [0.29, 0.717) is 17.4 Å². The molecule has 3 nitrogen and oxygen atoms in total. The molecule has 1 aliphatic rings. The molecule has 1 aliphatic carbocycles. The molecule has 1 saturated carbocycles. The number of rotatable bonds is 2. The number of hydrogen-bond donors (Lipinski definition) is 2. The van der Waals surface area contributed by atoms with E-state index in [-0.39, 0.29) is 10.7 Å². The third kappa shape index (κ3) is 2.34. The van der Waals surface area contributed by atoms with Crippen molar-refractivity contribution in [2.45, 2.75) is 38.1 Å². The van der Waals surface area contributed by atoms with E-state index in [4.69, 9.17) is 23.1 Å². The zero-order valence-electron chi connectivity index (χ0n) is 10.5. The Morgan fingerprint density at radius 3 is 2.44 bits per heavy atom. The Kier molecular flexibility index (Phi) is 3.85. The fourth-order valence-electron chi connectivity index (χ4n) is 2.67. The number of nitrogen functional groups attached to an aromatic ring is 2. The Balaban J connectivity index is 2.34. The fraction of sp³-hybridized carbons (Fsp3) is 0.538. The van der Waals surface area contributed by atoms with Crippen molar-refractivity contribution in [2.24, 2.45) is 0 Å². The zero-order chi connectivity index (χ0) is 13.3. The average Bonchev–Trinajstić information content (AvgIpc) is 2.37. The second kappa shape index (κ2) is 5.22. The summed E-state index contributed by atoms with van der Waals surface area (Å²) in [6, 6.07) is 1.86. The number of hydrogen-bond acceptors (Lipinski definition) is 3. The van der Waals surface area contributed by atoms with Gasteiger partial charge in [-0.25, -0.2) is 4.39 Å². The maximum absolute atomic E-state index is 14.2. The van der Waals surface area contributed by atoms with E-state index in [1.165, 1.54) is 25.3 Å². The van der Waals surface area contributed by atoms with Crippen LogP contribution in [0.2, 0.25) is 5.02 Å². The third-order valence-electron chi connectivity index (χ3n) is 3.71. The Labute approximate surface area is 112 Å². The van der Waals surface area contributed by atoms with Gasteiger partial charge in [0.15, 0.2) is 5.82 Å². The Hall–Kier alpha value is -1.16. The van der Waals surface area contributed by atoms with Crippen LogP contribution in [-0.2, 0) is 0 Å². The number of nitrogens with zero attached hydrogens (tertiary/aromatic N) is 1. The number of benzene rings is 1. The van der Waals surface area contributed by atoms with Crippen LogP contribution >= 0.6 is 11.6 Å². The lowest BCUT2D eigenvalue weighted by Gasteiger charge is -2.34. The van der Waals surface area contributed by atoms with Crippen LogP contribution in [0.1, 0.15) is 32.1 Å². The Bertz CT molecular complexity index is 444. The number of anilines is 3. The molecule has 0 spiro atoms. The molecule has 0 saturated heterocycles. The van der Waals surface area contributed by atoms with Gasteiger partial charge in [-0.1, -0.05) is 30.9 Å². The van der Waals surface area contributed by atoms with Gasteiger partial charge in [-0.2, -0.15) is 0 Å². The SMILES string of the molecule is CN(c1c(N)cc(N)c(Cl)c1F)C1CCCCC1. The van der Waals surface area contributed by atoms with Crippen molar-refractivity contribution in [3.05, 3.63) is 16.9 Å². The van der Waals surface area contributed by atoms with Crippen LogP contribution in [0.25, 0.3) is 0 Å². The Morgan fingerprint density at radius 2 is 1.83 bits per heavy atom. The van der Waals surface area contributed by atoms with Crippen molar-refractivity contribution in [3.8, 4) is 0 Å². The molecule has 0 atom stereocenters. The van der Waals surface area contributed by atoms with Gasteiger partial charge in [0.05, 0.1) is 17.1 Å². The molecule has 1 aromatic carbocycles. The van der Waals surface area contributed by atoms with Gasteiger partial charge in [0.2, 0.25) is 0 Å². The first-order valence-corrected chi connectivity index (χ1v) is 6.66. The smallest absolute Gasteiger partial charge is 0.169 e. The fourth-order valence-corrected chi connectivity index (χ4v) is 2.81. The van der Waals surface area contributed by atoms with Gasteiger partial charge in [-0.05, 0) is 18.9 Å². The summed E-state index contributed by atoms with van der Waals surface area (Å²) in [5.41, 5.74) is 12.4. The minimum atomic E-state index is -0.512. The summed E-state index contributed by atoms with van der Waals surface area (Å²) in [4.78, 5) is 1.91. The predicted molar refractivity (Wildman–Crippen MR) is 75.5 cm³/mol. The molecule has 1 aromatic rings. The highest BCUT2D eigenvalue weighted by Gasteiger charge is 2.24. The predicted octanol–water partition coefficient (Wildman–Crippen LogP) is 3.41. The second-order valence-corrected chi connectivity index (χ2v) is 5.31. The van der Waals surface area contributed by atoms with Crippen molar-refractivity contribution in [1.29, 1.82) is 0 Å². The van der Waals surface area contributed by atoms with Crippen LogP contribution in [0.5, 0.6) is 0 Å². The standard InChI is InChI=1S/C13H19ClFN3/c1-18(8-5-3-2-4-6-8)13-10(17)7-9(16)11(14)12(13)15/h7-8H,2-6,16-17H2,1H3. The summed E-state index contributed by atoms with van der Waals surface area (Å²) in [7, 11) is 1.87. The van der Waals surface area contributed by atoms with Gasteiger partial charge in [-0.15, -0.1) is 0 Å². The number of nitrogens with two attached hydrogens (primary N) is 2. The molecule has 0 heterocycles. The first kappa shape index (κ1) is 13.3. The topological polar surface area (TPSA) is 55.3 Å². The first-order chi connectivity index (χ1) is 8.52. The summed E-state index contributed by atoms with van der Waals surface area (Å²) in [5.74, 6) is -0.512. The van der Waals surface area contributed by atoms with E-state index in [1.54, 1.807) is 0 Å². The second-order valence-electron chi connectivity index (χ2n) is 4.93. The quantitative estimate of drug-likeness (QED) is 0.811. The molecule has 0 unspecified atom stereocenters. The van der Waals surface area contributed by atoms with Gasteiger partial charge < -0.3 is 16.4 Å². The van der Waals surface area contributed by atoms with Crippen LogP contribution in [0.4, 0.5) is 21.5 Å². The molecule has 18 heavy (non-hydrogen) atoms. The van der Waals surface area contributed by atoms with Crippen molar-refractivity contribution in [2.75, 3.05) is 23.4 Å². The molecule has 2 rings (SSSR count). The highest BCUT2D eigenvalue weighted by molar-refractivity contribution is 6.33. The molecule has 5 heteroatoms. The molecule has 1 fully saturated rings. The van der Waals surface area contributed by atoms with E-state index < -0.39 is 5.82 Å². The summed E-state index contributed by atoms with van der Waals surface area (Å²) in [6.45, 7) is 0. The molecule has 100 valence electrons. The van der Waals surface area contributed by atoms with Gasteiger partial charge >= 0.3 is 0 Å². The maximum atomic E-state index is 14.2. The lowest BCUT2D eigenvalue weighted by Crippen LogP contribution is -2.34. The highest BCUT2D eigenvalue weighted by Crippen LogP contribution is 2.38. The van der Waals surface area contributed by atoms with Crippen LogP contribution in [-0.4, -0.2) is 13.1 Å². The molecular weight excluding hydrogens is 253 g/mol. The van der Waals surface area contributed by atoms with Gasteiger partial charge in [-0.3, -0.25) is 0 Å². The van der Waals surface area contributed by atoms with Gasteiger partial charge in [0.25, 0.3) is 0 Å². The molecule has 0 radical (unpaired) electrons. The summed E-state index contributed by atoms with van der Waals surface area (Å²) in [5, 5.41) is -0.0399. The molecule has 0 amide bonds. The third-order valence-corrected chi connectivity index (χ3v) is 4.10. The lowest BCUT2D eigenvalue weighted by molar-refractivity contribution is 0.424. The minimum absolute atomic E-state index is 0.0399. The lowest BCUT2D eigenvalue weighted by atomic mass is 9.94. The molecule has 0 bridgehead atoms. The van der Waals surface area contributed by atoms with Crippen LogP contribution in [0, 0.1) is 5.82 Å². The van der Waals surface area contributed by atoms with Crippen molar-refractivity contribution >= 4 is 28.7 Å². The monoisotopic (exact) mass is 271 g/mol. The normalized spacial score (nSPS) is 16.8. The molecule has 4 N–H and O–H groups in total. The molecule has 0 aliphatic heterocycles.